The summed E-state index contributed by atoms with van der Waals surface area (Å²) < 4.78 is 5.17. The van der Waals surface area contributed by atoms with Crippen molar-refractivity contribution in [3.05, 3.63) is 30.3 Å². The molecule has 0 heterocycles. The fraction of sp³-hybridized carbons (Fsp3) is 0.222. The monoisotopic (exact) mass is 181 g/mol. The van der Waals surface area contributed by atoms with Crippen LogP contribution in [0.3, 0.4) is 0 Å². The molecule has 0 atom stereocenters. The third kappa shape index (κ3) is 2.96. The van der Waals surface area contributed by atoms with Crippen molar-refractivity contribution in [3.63, 3.8) is 0 Å². The minimum absolute atomic E-state index is 0.0304. The van der Waals surface area contributed by atoms with Crippen LogP contribution in [-0.2, 0) is 4.79 Å². The van der Waals surface area contributed by atoms with Crippen LogP contribution in [0.1, 0.15) is 0 Å². The topological polar surface area (TPSA) is 26.3 Å². The molecule has 0 unspecified atom stereocenters. The van der Waals surface area contributed by atoms with Gasteiger partial charge in [-0.3, -0.25) is 4.79 Å². The van der Waals surface area contributed by atoms with Crippen molar-refractivity contribution in [1.29, 1.82) is 0 Å². The van der Waals surface area contributed by atoms with Crippen LogP contribution in [0.5, 0.6) is 5.75 Å². The Morgan fingerprint density at radius 3 is 2.83 bits per heavy atom. The molecule has 0 aromatic heterocycles. The third-order valence-electron chi connectivity index (χ3n) is 1.27. The van der Waals surface area contributed by atoms with Crippen LogP contribution >= 0.6 is 11.8 Å². The van der Waals surface area contributed by atoms with E-state index in [0.717, 1.165) is 0 Å². The first-order chi connectivity index (χ1) is 5.83. The van der Waals surface area contributed by atoms with Gasteiger partial charge in [-0.15, -0.1) is 0 Å². The Kier molecular flexibility index (Phi) is 3.67. The van der Waals surface area contributed by atoms with Crippen molar-refractivity contribution >= 4 is 16.9 Å². The highest BCUT2D eigenvalue weighted by molar-refractivity contribution is 8.13. The van der Waals surface area contributed by atoms with Crippen molar-refractivity contribution in [3.8, 4) is 5.75 Å². The summed E-state index contributed by atoms with van der Waals surface area (Å²) >= 11 is 1.17. The molecule has 1 aromatic carbocycles. The summed E-state index contributed by atoms with van der Waals surface area (Å²) in [6.07, 6.45) is 1.74. The van der Waals surface area contributed by atoms with Gasteiger partial charge in [-0.05, 0) is 24.5 Å². The Morgan fingerprint density at radius 2 is 2.25 bits per heavy atom. The van der Waals surface area contributed by atoms with E-state index in [1.807, 2.05) is 0 Å². The van der Waals surface area contributed by atoms with Gasteiger partial charge in [0, 0.05) is 0 Å². The van der Waals surface area contributed by atoms with E-state index in [4.69, 9.17) is 4.74 Å². The fourth-order valence-corrected chi connectivity index (χ4v) is 0.846. The molecule has 63 valence electrons. The second-order valence-electron chi connectivity index (χ2n) is 2.10. The maximum atomic E-state index is 10.8. The van der Waals surface area contributed by atoms with Crippen molar-refractivity contribution < 1.29 is 9.53 Å². The molecule has 3 heteroatoms. The molecule has 0 aliphatic heterocycles. The molecule has 1 aromatic rings. The van der Waals surface area contributed by atoms with Crippen molar-refractivity contribution in [2.45, 2.75) is 0 Å². The third-order valence-corrected chi connectivity index (χ3v) is 1.85. The zero-order chi connectivity index (χ0) is 8.81. The molecule has 12 heavy (non-hydrogen) atoms. The first-order valence-corrected chi connectivity index (χ1v) is 4.71. The number of carbonyl (C=O) groups is 1. The van der Waals surface area contributed by atoms with Gasteiger partial charge >= 0.3 is 0 Å². The predicted molar refractivity (Wildman–Crippen MR) is 49.3 cm³/mol. The second-order valence-corrected chi connectivity index (χ2v) is 2.96. The molecule has 0 aliphatic carbocycles. The molecule has 2 nitrogen and oxygen atoms in total. The molecule has 1 rings (SSSR count). The van der Waals surface area contributed by atoms with Crippen LogP contribution < -0.4 is 4.74 Å². The second kappa shape index (κ2) is 4.83. The summed E-state index contributed by atoms with van der Waals surface area (Å²) in [6.45, 7) is 0.130. The van der Waals surface area contributed by atoms with Crippen LogP contribution in [0.25, 0.3) is 0 Å². The molecule has 0 spiro atoms. The van der Waals surface area contributed by atoms with Gasteiger partial charge < -0.3 is 4.74 Å². The molecular formula is C9H9O2S. The largest absolute Gasteiger partial charge is 0.485 e. The predicted octanol–water partition coefficient (Wildman–Crippen LogP) is 1.76. The van der Waals surface area contributed by atoms with Crippen LogP contribution in [0.15, 0.2) is 24.3 Å². The Balaban J connectivity index is 2.38. The lowest BCUT2D eigenvalue weighted by Crippen LogP contribution is -2.06. The zero-order valence-electron chi connectivity index (χ0n) is 6.74. The fourth-order valence-electron chi connectivity index (χ4n) is 0.669. The van der Waals surface area contributed by atoms with Crippen LogP contribution in [0.2, 0.25) is 0 Å². The van der Waals surface area contributed by atoms with Gasteiger partial charge in [0.15, 0.2) is 6.61 Å². The van der Waals surface area contributed by atoms with Gasteiger partial charge in [0.1, 0.15) is 5.75 Å². The molecule has 0 N–H and O–H groups in total. The maximum Gasteiger partial charge on any atom is 0.226 e. The maximum absolute atomic E-state index is 10.8. The number of rotatable bonds is 3. The van der Waals surface area contributed by atoms with Gasteiger partial charge in [0.05, 0.1) is 0 Å². The summed E-state index contributed by atoms with van der Waals surface area (Å²) in [7, 11) is 0. The van der Waals surface area contributed by atoms with Crippen molar-refractivity contribution in [2.24, 2.45) is 0 Å². The Morgan fingerprint density at radius 1 is 1.58 bits per heavy atom. The van der Waals surface area contributed by atoms with E-state index >= 15 is 0 Å². The highest BCUT2D eigenvalue weighted by atomic mass is 32.2. The lowest BCUT2D eigenvalue weighted by molar-refractivity contribution is -0.112. The summed E-state index contributed by atoms with van der Waals surface area (Å²) in [5, 5.41) is 0.0304. The Bertz CT molecular complexity index is 246. The highest BCUT2D eigenvalue weighted by Crippen LogP contribution is 2.08. The lowest BCUT2D eigenvalue weighted by atomic mass is 10.3. The van der Waals surface area contributed by atoms with Crippen molar-refractivity contribution in [2.75, 3.05) is 12.9 Å². The average Bonchev–Trinajstić information content (AvgIpc) is 2.16. The minimum Gasteiger partial charge on any atom is -0.485 e. The molecule has 0 aliphatic rings. The number of thioether (sulfide) groups is 1. The summed E-state index contributed by atoms with van der Waals surface area (Å²) in [5.74, 6) is 0.705. The van der Waals surface area contributed by atoms with Gasteiger partial charge in [0.2, 0.25) is 5.12 Å². The molecule has 0 fully saturated rings. The van der Waals surface area contributed by atoms with E-state index in [9.17, 15) is 4.79 Å². The number of carbonyl (C=O) groups excluding carboxylic acids is 1. The van der Waals surface area contributed by atoms with Crippen LogP contribution in [0, 0.1) is 6.07 Å². The molecule has 0 saturated heterocycles. The van der Waals surface area contributed by atoms with Gasteiger partial charge in [-0.2, -0.15) is 0 Å². The van der Waals surface area contributed by atoms with E-state index in [1.54, 1.807) is 30.5 Å². The van der Waals surface area contributed by atoms with Gasteiger partial charge in [0.25, 0.3) is 0 Å². The number of benzene rings is 1. The summed E-state index contributed by atoms with van der Waals surface area (Å²) in [4.78, 5) is 10.8. The molecule has 1 radical (unpaired) electrons. The SMILES string of the molecule is CSC(=O)COc1cc[c]cc1. The van der Waals surface area contributed by atoms with E-state index in [2.05, 4.69) is 6.07 Å². The van der Waals surface area contributed by atoms with Crippen LogP contribution in [0.4, 0.5) is 0 Å². The van der Waals surface area contributed by atoms with E-state index in [0.29, 0.717) is 5.75 Å². The van der Waals surface area contributed by atoms with E-state index in [-0.39, 0.29) is 11.7 Å². The first kappa shape index (κ1) is 9.13. The standard InChI is InChI=1S/C9H9O2S/c1-12-9(10)7-11-8-5-3-2-4-6-8/h3-6H,7H2,1H3. The van der Waals surface area contributed by atoms with Crippen LogP contribution in [-0.4, -0.2) is 18.0 Å². The lowest BCUT2D eigenvalue weighted by Gasteiger charge is -2.02. The number of hydrogen-bond donors (Lipinski definition) is 0. The number of hydrogen-bond acceptors (Lipinski definition) is 3. The minimum atomic E-state index is 0.0304. The Hall–Kier alpha value is -0.960. The molecule has 0 bridgehead atoms. The van der Waals surface area contributed by atoms with E-state index in [1.165, 1.54) is 11.8 Å². The quantitative estimate of drug-likeness (QED) is 0.710. The smallest absolute Gasteiger partial charge is 0.226 e. The average molecular weight is 181 g/mol. The van der Waals surface area contributed by atoms with E-state index < -0.39 is 0 Å². The normalized spacial score (nSPS) is 9.42. The molecular weight excluding hydrogens is 172 g/mol. The van der Waals surface area contributed by atoms with Crippen molar-refractivity contribution in [1.82, 2.24) is 0 Å². The molecule has 0 saturated carbocycles. The first-order valence-electron chi connectivity index (χ1n) is 3.48. The van der Waals surface area contributed by atoms with Gasteiger partial charge in [-0.25, -0.2) is 0 Å². The Labute approximate surface area is 75.9 Å². The summed E-state index contributed by atoms with van der Waals surface area (Å²) in [5.41, 5.74) is 0. The highest BCUT2D eigenvalue weighted by Gasteiger charge is 1.98. The molecule has 0 amide bonds. The summed E-state index contributed by atoms with van der Waals surface area (Å²) in [6, 6.07) is 9.90. The number of ether oxygens (including phenoxy) is 1. The van der Waals surface area contributed by atoms with Gasteiger partial charge in [-0.1, -0.05) is 23.9 Å². The zero-order valence-corrected chi connectivity index (χ0v) is 7.56.